The SMILES string of the molecule is CCCCC(N)c1cc(F)ccc1O. The molecule has 0 aliphatic heterocycles. The summed E-state index contributed by atoms with van der Waals surface area (Å²) in [6.07, 6.45) is 2.80. The molecule has 0 aliphatic carbocycles. The lowest BCUT2D eigenvalue weighted by Gasteiger charge is -2.12. The Morgan fingerprint density at radius 2 is 2.21 bits per heavy atom. The molecule has 0 saturated heterocycles. The van der Waals surface area contributed by atoms with Crippen molar-refractivity contribution >= 4 is 0 Å². The number of halogens is 1. The zero-order chi connectivity index (χ0) is 10.6. The van der Waals surface area contributed by atoms with Gasteiger partial charge < -0.3 is 10.8 Å². The van der Waals surface area contributed by atoms with Gasteiger partial charge in [-0.05, 0) is 24.6 Å². The van der Waals surface area contributed by atoms with E-state index in [1.165, 1.54) is 18.2 Å². The number of aromatic hydroxyl groups is 1. The summed E-state index contributed by atoms with van der Waals surface area (Å²) in [5.41, 5.74) is 6.32. The van der Waals surface area contributed by atoms with Crippen LogP contribution in [0.2, 0.25) is 0 Å². The molecule has 0 aromatic heterocycles. The van der Waals surface area contributed by atoms with E-state index in [1.807, 2.05) is 0 Å². The Balaban J connectivity index is 2.77. The maximum Gasteiger partial charge on any atom is 0.123 e. The standard InChI is InChI=1S/C11H16FNO/c1-2-3-4-10(13)9-7-8(12)5-6-11(9)14/h5-7,10,14H,2-4,13H2,1H3. The third-order valence-electron chi connectivity index (χ3n) is 2.26. The monoisotopic (exact) mass is 197 g/mol. The van der Waals surface area contributed by atoms with Crippen LogP contribution in [0.4, 0.5) is 4.39 Å². The van der Waals surface area contributed by atoms with E-state index in [9.17, 15) is 9.50 Å². The fraction of sp³-hybridized carbons (Fsp3) is 0.455. The average Bonchev–Trinajstić information content (AvgIpc) is 2.18. The van der Waals surface area contributed by atoms with Gasteiger partial charge in [-0.2, -0.15) is 0 Å². The highest BCUT2D eigenvalue weighted by Crippen LogP contribution is 2.26. The molecule has 0 saturated carbocycles. The highest BCUT2D eigenvalue weighted by Gasteiger charge is 2.10. The first-order chi connectivity index (χ1) is 6.65. The number of hydrogen-bond donors (Lipinski definition) is 2. The van der Waals surface area contributed by atoms with Crippen molar-refractivity contribution < 1.29 is 9.50 Å². The number of phenolic OH excluding ortho intramolecular Hbond substituents is 1. The van der Waals surface area contributed by atoms with Crippen LogP contribution in [0, 0.1) is 5.82 Å². The molecule has 1 aromatic rings. The quantitative estimate of drug-likeness (QED) is 0.779. The predicted octanol–water partition coefficient (Wildman–Crippen LogP) is 2.72. The molecule has 2 nitrogen and oxygen atoms in total. The maximum absolute atomic E-state index is 12.9. The van der Waals surface area contributed by atoms with Crippen LogP contribution in [0.15, 0.2) is 18.2 Å². The molecule has 78 valence electrons. The average molecular weight is 197 g/mol. The Morgan fingerprint density at radius 3 is 2.86 bits per heavy atom. The van der Waals surface area contributed by atoms with Crippen LogP contribution in [-0.2, 0) is 0 Å². The molecule has 3 heteroatoms. The normalized spacial score (nSPS) is 12.8. The summed E-state index contributed by atoms with van der Waals surface area (Å²) in [6.45, 7) is 2.07. The van der Waals surface area contributed by atoms with Crippen molar-refractivity contribution in [1.82, 2.24) is 0 Å². The van der Waals surface area contributed by atoms with Gasteiger partial charge in [0.2, 0.25) is 0 Å². The second-order valence-electron chi connectivity index (χ2n) is 3.45. The predicted molar refractivity (Wildman–Crippen MR) is 54.5 cm³/mol. The van der Waals surface area contributed by atoms with Crippen LogP contribution in [0.25, 0.3) is 0 Å². The van der Waals surface area contributed by atoms with Crippen molar-refractivity contribution in [2.75, 3.05) is 0 Å². The van der Waals surface area contributed by atoms with Crippen molar-refractivity contribution in [2.24, 2.45) is 5.73 Å². The fourth-order valence-electron chi connectivity index (χ4n) is 1.40. The van der Waals surface area contributed by atoms with Gasteiger partial charge in [-0.1, -0.05) is 19.8 Å². The van der Waals surface area contributed by atoms with Crippen molar-refractivity contribution in [3.05, 3.63) is 29.6 Å². The van der Waals surface area contributed by atoms with E-state index in [2.05, 4.69) is 6.92 Å². The second kappa shape index (κ2) is 4.96. The molecular formula is C11H16FNO. The molecule has 0 bridgehead atoms. The Hall–Kier alpha value is -1.09. The van der Waals surface area contributed by atoms with Crippen molar-refractivity contribution in [3.63, 3.8) is 0 Å². The summed E-state index contributed by atoms with van der Waals surface area (Å²) in [4.78, 5) is 0. The van der Waals surface area contributed by atoms with Crippen LogP contribution >= 0.6 is 0 Å². The van der Waals surface area contributed by atoms with Gasteiger partial charge in [-0.25, -0.2) is 4.39 Å². The first-order valence-corrected chi connectivity index (χ1v) is 4.89. The lowest BCUT2D eigenvalue weighted by atomic mass is 10.0. The van der Waals surface area contributed by atoms with Gasteiger partial charge >= 0.3 is 0 Å². The van der Waals surface area contributed by atoms with E-state index in [1.54, 1.807) is 0 Å². The van der Waals surface area contributed by atoms with Crippen molar-refractivity contribution in [3.8, 4) is 5.75 Å². The minimum atomic E-state index is -0.357. The summed E-state index contributed by atoms with van der Waals surface area (Å²) >= 11 is 0. The largest absolute Gasteiger partial charge is 0.508 e. The first-order valence-electron chi connectivity index (χ1n) is 4.89. The minimum Gasteiger partial charge on any atom is -0.508 e. The zero-order valence-electron chi connectivity index (χ0n) is 8.33. The van der Waals surface area contributed by atoms with Crippen LogP contribution in [-0.4, -0.2) is 5.11 Å². The van der Waals surface area contributed by atoms with Crippen molar-refractivity contribution in [1.29, 1.82) is 0 Å². The van der Waals surface area contributed by atoms with Gasteiger partial charge in [0, 0.05) is 11.6 Å². The molecule has 1 rings (SSSR count). The number of nitrogens with two attached hydrogens (primary N) is 1. The smallest absolute Gasteiger partial charge is 0.123 e. The number of phenols is 1. The molecule has 3 N–H and O–H groups in total. The summed E-state index contributed by atoms with van der Waals surface area (Å²) < 4.78 is 12.9. The summed E-state index contributed by atoms with van der Waals surface area (Å²) in [5, 5.41) is 9.46. The van der Waals surface area contributed by atoms with Gasteiger partial charge in [0.05, 0.1) is 0 Å². The van der Waals surface area contributed by atoms with Crippen LogP contribution in [0.5, 0.6) is 5.75 Å². The summed E-state index contributed by atoms with van der Waals surface area (Å²) in [7, 11) is 0. The van der Waals surface area contributed by atoms with Crippen LogP contribution in [0.1, 0.15) is 37.8 Å². The molecule has 0 spiro atoms. The first kappa shape index (κ1) is 11.0. The minimum absolute atomic E-state index is 0.0787. The third-order valence-corrected chi connectivity index (χ3v) is 2.26. The zero-order valence-corrected chi connectivity index (χ0v) is 8.33. The van der Waals surface area contributed by atoms with Gasteiger partial charge in [-0.3, -0.25) is 0 Å². The molecule has 1 unspecified atom stereocenters. The van der Waals surface area contributed by atoms with E-state index in [4.69, 9.17) is 5.73 Å². The second-order valence-corrected chi connectivity index (χ2v) is 3.45. The molecular weight excluding hydrogens is 181 g/mol. The maximum atomic E-state index is 12.9. The molecule has 0 radical (unpaired) electrons. The summed E-state index contributed by atoms with van der Waals surface area (Å²) in [6, 6.07) is 3.60. The highest BCUT2D eigenvalue weighted by molar-refractivity contribution is 5.34. The molecule has 0 heterocycles. The lowest BCUT2D eigenvalue weighted by Crippen LogP contribution is -2.10. The van der Waals surface area contributed by atoms with E-state index >= 15 is 0 Å². The van der Waals surface area contributed by atoms with E-state index < -0.39 is 0 Å². The Labute approximate surface area is 83.6 Å². The third kappa shape index (κ3) is 2.70. The van der Waals surface area contributed by atoms with Gasteiger partial charge in [0.15, 0.2) is 0 Å². The lowest BCUT2D eigenvalue weighted by molar-refractivity contribution is 0.453. The topological polar surface area (TPSA) is 46.2 Å². The molecule has 0 amide bonds. The summed E-state index contributed by atoms with van der Waals surface area (Å²) in [5.74, 6) is -0.278. The molecule has 1 atom stereocenters. The van der Waals surface area contributed by atoms with E-state index in [-0.39, 0.29) is 17.6 Å². The van der Waals surface area contributed by atoms with E-state index in [0.717, 1.165) is 19.3 Å². The number of unbranched alkanes of at least 4 members (excludes halogenated alkanes) is 1. The van der Waals surface area contributed by atoms with Crippen LogP contribution in [0.3, 0.4) is 0 Å². The molecule has 14 heavy (non-hydrogen) atoms. The van der Waals surface area contributed by atoms with Gasteiger partial charge in [-0.15, -0.1) is 0 Å². The van der Waals surface area contributed by atoms with Crippen LogP contribution < -0.4 is 5.73 Å². The van der Waals surface area contributed by atoms with E-state index in [0.29, 0.717) is 5.56 Å². The molecule has 0 fully saturated rings. The Morgan fingerprint density at radius 1 is 1.50 bits per heavy atom. The molecule has 0 aliphatic rings. The van der Waals surface area contributed by atoms with Gasteiger partial charge in [0.1, 0.15) is 11.6 Å². The highest BCUT2D eigenvalue weighted by atomic mass is 19.1. The fourth-order valence-corrected chi connectivity index (χ4v) is 1.40. The Bertz CT molecular complexity index is 301. The molecule has 1 aromatic carbocycles. The van der Waals surface area contributed by atoms with Crippen molar-refractivity contribution in [2.45, 2.75) is 32.2 Å². The number of rotatable bonds is 4. The van der Waals surface area contributed by atoms with Gasteiger partial charge in [0.25, 0.3) is 0 Å². The number of hydrogen-bond acceptors (Lipinski definition) is 2. The Kier molecular flexibility index (Phi) is 3.89. The number of benzene rings is 1.